The van der Waals surface area contributed by atoms with Gasteiger partial charge in [0.15, 0.2) is 11.4 Å². The quantitative estimate of drug-likeness (QED) is 0.384. The molecule has 2 N–H and O–H groups in total. The summed E-state index contributed by atoms with van der Waals surface area (Å²) in [5.74, 6) is -1.04. The van der Waals surface area contributed by atoms with E-state index in [1.807, 2.05) is 0 Å². The van der Waals surface area contributed by atoms with Crippen LogP contribution in [0, 0.1) is 0 Å². The Labute approximate surface area is 157 Å². The van der Waals surface area contributed by atoms with Gasteiger partial charge in [-0.3, -0.25) is 4.79 Å². The molecule has 4 nitrogen and oxygen atoms in total. The highest BCUT2D eigenvalue weighted by atomic mass is 16.4. The standard InChI is InChI=1S/C22H32O4/c1-3-5-6-7-8-10-13-18-15-16-20(23)19(18)14-11-9-12-17-22(26,4-2)21(24)25/h10-13,26H,3-8,14-17H2,1-2H3,(H,24,25). The Bertz CT molecular complexity index is 606. The molecule has 0 aromatic rings. The van der Waals surface area contributed by atoms with E-state index in [4.69, 9.17) is 5.11 Å². The Morgan fingerprint density at radius 2 is 1.96 bits per heavy atom. The summed E-state index contributed by atoms with van der Waals surface area (Å²) in [5, 5.41) is 18.9. The van der Waals surface area contributed by atoms with Crippen LogP contribution in [-0.4, -0.2) is 27.6 Å². The van der Waals surface area contributed by atoms with Crippen molar-refractivity contribution in [2.24, 2.45) is 0 Å². The first kappa shape index (κ1) is 22.1. The largest absolute Gasteiger partial charge is 0.479 e. The van der Waals surface area contributed by atoms with E-state index in [-0.39, 0.29) is 18.6 Å². The van der Waals surface area contributed by atoms with Crippen LogP contribution in [0.4, 0.5) is 0 Å². The summed E-state index contributed by atoms with van der Waals surface area (Å²) in [6.07, 6.45) is 15.5. The molecule has 1 aliphatic rings. The van der Waals surface area contributed by atoms with Crippen molar-refractivity contribution in [2.75, 3.05) is 0 Å². The molecule has 0 saturated heterocycles. The van der Waals surface area contributed by atoms with Gasteiger partial charge in [-0.15, -0.1) is 5.73 Å². The number of carboxylic acids is 1. The van der Waals surface area contributed by atoms with Crippen LogP contribution >= 0.6 is 0 Å². The Morgan fingerprint density at radius 3 is 2.62 bits per heavy atom. The van der Waals surface area contributed by atoms with Gasteiger partial charge in [0.25, 0.3) is 0 Å². The average molecular weight is 360 g/mol. The summed E-state index contributed by atoms with van der Waals surface area (Å²) in [6, 6.07) is 0. The van der Waals surface area contributed by atoms with Crippen molar-refractivity contribution in [1.82, 2.24) is 0 Å². The number of unbranched alkanes of at least 4 members (excludes halogenated alkanes) is 4. The Kier molecular flexibility index (Phi) is 9.93. The number of rotatable bonds is 12. The maximum absolute atomic E-state index is 12.0. The molecule has 0 fully saturated rings. The van der Waals surface area contributed by atoms with Crippen LogP contribution in [0.25, 0.3) is 0 Å². The summed E-state index contributed by atoms with van der Waals surface area (Å²) in [4.78, 5) is 23.1. The van der Waals surface area contributed by atoms with Crippen LogP contribution in [0.1, 0.15) is 78.1 Å². The molecule has 0 aromatic carbocycles. The van der Waals surface area contributed by atoms with E-state index in [0.717, 1.165) is 24.0 Å². The lowest BCUT2D eigenvalue weighted by atomic mass is 9.97. The SMILES string of the molecule is CCCCCCC=CC1=C(CC=C=CCC(O)(CC)C(=O)O)C(=O)CC1. The van der Waals surface area contributed by atoms with Crippen molar-refractivity contribution >= 4 is 11.8 Å². The third-order valence-corrected chi connectivity index (χ3v) is 4.85. The smallest absolute Gasteiger partial charge is 0.336 e. The zero-order valence-electron chi connectivity index (χ0n) is 16.1. The van der Waals surface area contributed by atoms with Gasteiger partial charge in [-0.05, 0) is 43.4 Å². The topological polar surface area (TPSA) is 74.6 Å². The van der Waals surface area contributed by atoms with Crippen molar-refractivity contribution in [1.29, 1.82) is 0 Å². The van der Waals surface area contributed by atoms with Crippen LogP contribution in [-0.2, 0) is 9.59 Å². The van der Waals surface area contributed by atoms with E-state index in [2.05, 4.69) is 24.8 Å². The summed E-state index contributed by atoms with van der Waals surface area (Å²) in [7, 11) is 0. The molecule has 0 heterocycles. The van der Waals surface area contributed by atoms with Gasteiger partial charge >= 0.3 is 5.97 Å². The summed E-state index contributed by atoms with van der Waals surface area (Å²) >= 11 is 0. The fourth-order valence-electron chi connectivity index (χ4n) is 2.93. The lowest BCUT2D eigenvalue weighted by Crippen LogP contribution is -2.36. The number of aliphatic carboxylic acids is 1. The van der Waals surface area contributed by atoms with Gasteiger partial charge in [0.1, 0.15) is 0 Å². The number of ketones is 1. The highest BCUT2D eigenvalue weighted by molar-refractivity contribution is 5.99. The average Bonchev–Trinajstić information content (AvgIpc) is 2.97. The molecule has 1 rings (SSSR count). The summed E-state index contributed by atoms with van der Waals surface area (Å²) in [5.41, 5.74) is 3.11. The van der Waals surface area contributed by atoms with Crippen molar-refractivity contribution < 1.29 is 19.8 Å². The molecule has 4 heteroatoms. The molecule has 0 radical (unpaired) electrons. The second-order valence-corrected chi connectivity index (χ2v) is 6.85. The first-order valence-corrected chi connectivity index (χ1v) is 9.71. The fourth-order valence-corrected chi connectivity index (χ4v) is 2.93. The molecular formula is C22H32O4. The minimum absolute atomic E-state index is 0.00679. The third kappa shape index (κ3) is 7.15. The Morgan fingerprint density at radius 1 is 1.19 bits per heavy atom. The summed E-state index contributed by atoms with van der Waals surface area (Å²) in [6.45, 7) is 3.83. The molecule has 144 valence electrons. The van der Waals surface area contributed by atoms with Gasteiger partial charge < -0.3 is 10.2 Å². The monoisotopic (exact) mass is 360 g/mol. The molecule has 1 aliphatic carbocycles. The lowest BCUT2D eigenvalue weighted by molar-refractivity contribution is -0.158. The van der Waals surface area contributed by atoms with Gasteiger partial charge in [-0.2, -0.15) is 0 Å². The van der Waals surface area contributed by atoms with Crippen LogP contribution in [0.15, 0.2) is 41.2 Å². The van der Waals surface area contributed by atoms with E-state index >= 15 is 0 Å². The molecule has 1 atom stereocenters. The highest BCUT2D eigenvalue weighted by Gasteiger charge is 2.32. The number of aliphatic hydroxyl groups is 1. The molecule has 0 saturated carbocycles. The molecular weight excluding hydrogens is 328 g/mol. The maximum atomic E-state index is 12.0. The first-order valence-electron chi connectivity index (χ1n) is 9.71. The van der Waals surface area contributed by atoms with Crippen molar-refractivity contribution in [3.05, 3.63) is 41.2 Å². The number of carbonyl (C=O) groups excluding carboxylic acids is 1. The molecule has 0 amide bonds. The number of hydrogen-bond donors (Lipinski definition) is 2. The number of carbonyl (C=O) groups is 2. The van der Waals surface area contributed by atoms with Crippen molar-refractivity contribution in [3.8, 4) is 0 Å². The lowest BCUT2D eigenvalue weighted by Gasteiger charge is -2.18. The second-order valence-electron chi connectivity index (χ2n) is 6.85. The number of hydrogen-bond acceptors (Lipinski definition) is 3. The predicted octanol–water partition coefficient (Wildman–Crippen LogP) is 4.89. The zero-order valence-corrected chi connectivity index (χ0v) is 16.1. The number of Topliss-reactive ketones (excluding diaryl/α,β-unsaturated/α-hetero) is 1. The van der Waals surface area contributed by atoms with Gasteiger partial charge in [0.2, 0.25) is 0 Å². The molecule has 0 bridgehead atoms. The fraction of sp³-hybridized carbons (Fsp3) is 0.591. The van der Waals surface area contributed by atoms with Crippen molar-refractivity contribution in [3.63, 3.8) is 0 Å². The van der Waals surface area contributed by atoms with Gasteiger partial charge in [-0.1, -0.05) is 45.3 Å². The van der Waals surface area contributed by atoms with Gasteiger partial charge in [0, 0.05) is 24.8 Å². The normalized spacial score (nSPS) is 16.7. The molecule has 26 heavy (non-hydrogen) atoms. The minimum Gasteiger partial charge on any atom is -0.479 e. The van der Waals surface area contributed by atoms with E-state index in [9.17, 15) is 14.7 Å². The third-order valence-electron chi connectivity index (χ3n) is 4.85. The predicted molar refractivity (Wildman–Crippen MR) is 104 cm³/mol. The molecule has 0 spiro atoms. The van der Waals surface area contributed by atoms with E-state index in [1.165, 1.54) is 31.8 Å². The van der Waals surface area contributed by atoms with Gasteiger partial charge in [0.05, 0.1) is 0 Å². The molecule has 1 unspecified atom stereocenters. The Balaban J connectivity index is 2.61. The van der Waals surface area contributed by atoms with Crippen LogP contribution in [0.5, 0.6) is 0 Å². The maximum Gasteiger partial charge on any atom is 0.336 e. The number of carboxylic acid groups (broad SMARTS) is 1. The van der Waals surface area contributed by atoms with Crippen LogP contribution in [0.2, 0.25) is 0 Å². The van der Waals surface area contributed by atoms with E-state index < -0.39 is 11.6 Å². The van der Waals surface area contributed by atoms with E-state index in [0.29, 0.717) is 12.8 Å². The van der Waals surface area contributed by atoms with Gasteiger partial charge in [-0.25, -0.2) is 4.79 Å². The molecule has 0 aromatic heterocycles. The number of allylic oxidation sites excluding steroid dienone is 4. The second kappa shape index (κ2) is 11.7. The summed E-state index contributed by atoms with van der Waals surface area (Å²) < 4.78 is 0. The van der Waals surface area contributed by atoms with E-state index in [1.54, 1.807) is 13.0 Å². The Hall–Kier alpha value is -1.90. The zero-order chi connectivity index (χ0) is 19.4. The minimum atomic E-state index is -1.74. The van der Waals surface area contributed by atoms with Crippen LogP contribution in [0.3, 0.4) is 0 Å². The highest BCUT2D eigenvalue weighted by Crippen LogP contribution is 2.27. The molecule has 0 aliphatic heterocycles. The first-order chi connectivity index (χ1) is 12.4. The van der Waals surface area contributed by atoms with Crippen molar-refractivity contribution in [2.45, 2.75) is 83.7 Å². The van der Waals surface area contributed by atoms with Crippen LogP contribution < -0.4 is 0 Å².